The molecule has 1 saturated heterocycles. The van der Waals surface area contributed by atoms with Crippen LogP contribution in [0.3, 0.4) is 0 Å². The van der Waals surface area contributed by atoms with Crippen LogP contribution in [0.25, 0.3) is 22.4 Å². The maximum absolute atomic E-state index is 13.3. The Balaban J connectivity index is 1.24. The van der Waals surface area contributed by atoms with Crippen molar-refractivity contribution in [2.45, 2.75) is 19.3 Å². The second-order valence-electron chi connectivity index (χ2n) is 9.02. The maximum atomic E-state index is 13.3. The molecule has 3 aromatic heterocycles. The third kappa shape index (κ3) is 6.00. The lowest BCUT2D eigenvalue weighted by Gasteiger charge is -2.16. The Morgan fingerprint density at radius 1 is 1.08 bits per heavy atom. The standard InChI is InChI=1S/C27H27F2N7O2/c1-18-7-9-32-35-24(18)20-5-3-19(4-6-20)23-16-31-26(34-25(23)37-2)33-21-13-22(15-30-14-21)38-12-11-36-10-8-27(28,29)17-36/h3-7,9,13-16H,8,10-12,17H2,1-2H3,(H,31,33,34). The highest BCUT2D eigenvalue weighted by molar-refractivity contribution is 5.73. The molecule has 11 heteroatoms. The summed E-state index contributed by atoms with van der Waals surface area (Å²) in [6.07, 6.45) is 6.44. The van der Waals surface area contributed by atoms with Crippen LogP contribution in [0.4, 0.5) is 20.4 Å². The first kappa shape index (κ1) is 25.4. The number of hydrogen-bond acceptors (Lipinski definition) is 9. The number of methoxy groups -OCH3 is 1. The summed E-state index contributed by atoms with van der Waals surface area (Å²) < 4.78 is 38.0. The van der Waals surface area contributed by atoms with Crippen molar-refractivity contribution in [3.63, 3.8) is 0 Å². The molecule has 0 atom stereocenters. The summed E-state index contributed by atoms with van der Waals surface area (Å²) in [6.45, 7) is 2.85. The van der Waals surface area contributed by atoms with E-state index in [0.717, 1.165) is 27.9 Å². The first-order valence-corrected chi connectivity index (χ1v) is 12.2. The molecule has 4 aromatic rings. The van der Waals surface area contributed by atoms with Crippen LogP contribution in [0.15, 0.2) is 61.2 Å². The third-order valence-electron chi connectivity index (χ3n) is 6.23. The van der Waals surface area contributed by atoms with Gasteiger partial charge in [-0.25, -0.2) is 13.8 Å². The van der Waals surface area contributed by atoms with E-state index >= 15 is 0 Å². The Morgan fingerprint density at radius 3 is 2.63 bits per heavy atom. The minimum atomic E-state index is -2.61. The van der Waals surface area contributed by atoms with Crippen molar-refractivity contribution < 1.29 is 18.3 Å². The quantitative estimate of drug-likeness (QED) is 0.335. The topological polar surface area (TPSA) is 98.2 Å². The Bertz CT molecular complexity index is 1400. The molecule has 9 nitrogen and oxygen atoms in total. The van der Waals surface area contributed by atoms with Crippen LogP contribution in [0, 0.1) is 6.92 Å². The lowest BCUT2D eigenvalue weighted by Crippen LogP contribution is -2.29. The Labute approximate surface area is 218 Å². The van der Waals surface area contributed by atoms with Crippen LogP contribution in [0.5, 0.6) is 11.6 Å². The fraction of sp³-hybridized carbons (Fsp3) is 0.296. The van der Waals surface area contributed by atoms with Crippen LogP contribution >= 0.6 is 0 Å². The zero-order valence-corrected chi connectivity index (χ0v) is 21.1. The largest absolute Gasteiger partial charge is 0.491 e. The van der Waals surface area contributed by atoms with Gasteiger partial charge in [-0.3, -0.25) is 9.88 Å². The molecule has 5 rings (SSSR count). The number of aromatic nitrogens is 5. The van der Waals surface area contributed by atoms with Crippen molar-refractivity contribution >= 4 is 11.6 Å². The van der Waals surface area contributed by atoms with Crippen LogP contribution in [-0.2, 0) is 0 Å². The van der Waals surface area contributed by atoms with Gasteiger partial charge in [-0.05, 0) is 24.1 Å². The number of ether oxygens (including phenoxy) is 2. The lowest BCUT2D eigenvalue weighted by molar-refractivity contribution is 0.0113. The molecule has 4 heterocycles. The highest BCUT2D eigenvalue weighted by Gasteiger charge is 2.37. The number of rotatable bonds is 9. The highest BCUT2D eigenvalue weighted by Crippen LogP contribution is 2.31. The minimum absolute atomic E-state index is 0.107. The van der Waals surface area contributed by atoms with Crippen molar-refractivity contribution in [3.05, 3.63) is 66.7 Å². The molecule has 1 aliphatic heterocycles. The van der Waals surface area contributed by atoms with Gasteiger partial charge < -0.3 is 14.8 Å². The SMILES string of the molecule is COc1nc(Nc2cncc(OCCN3CCC(F)(F)C3)c2)ncc1-c1ccc(-c2nnccc2C)cc1. The zero-order valence-electron chi connectivity index (χ0n) is 21.1. The van der Waals surface area contributed by atoms with Gasteiger partial charge in [0.15, 0.2) is 0 Å². The number of aryl methyl sites for hydroxylation is 1. The molecule has 196 valence electrons. The highest BCUT2D eigenvalue weighted by atomic mass is 19.3. The number of halogens is 2. The second kappa shape index (κ2) is 11.0. The number of anilines is 2. The van der Waals surface area contributed by atoms with E-state index in [0.29, 0.717) is 36.4 Å². The van der Waals surface area contributed by atoms with E-state index in [1.165, 1.54) is 0 Å². The van der Waals surface area contributed by atoms with E-state index < -0.39 is 5.92 Å². The van der Waals surface area contributed by atoms with Crippen molar-refractivity contribution in [2.75, 3.05) is 38.7 Å². The molecule has 1 fully saturated rings. The molecule has 0 radical (unpaired) electrons. The fourth-order valence-corrected chi connectivity index (χ4v) is 4.25. The Kier molecular flexibility index (Phi) is 7.36. The van der Waals surface area contributed by atoms with Gasteiger partial charge in [0, 0.05) is 43.5 Å². The number of pyridine rings is 1. The molecule has 0 aliphatic carbocycles. The predicted octanol–water partition coefficient (Wildman–Crippen LogP) is 4.78. The van der Waals surface area contributed by atoms with Crippen LogP contribution in [0.1, 0.15) is 12.0 Å². The van der Waals surface area contributed by atoms with Crippen molar-refractivity contribution in [2.24, 2.45) is 0 Å². The lowest BCUT2D eigenvalue weighted by atomic mass is 10.0. The van der Waals surface area contributed by atoms with E-state index in [-0.39, 0.29) is 19.6 Å². The molecule has 0 bridgehead atoms. The summed E-state index contributed by atoms with van der Waals surface area (Å²) in [4.78, 5) is 14.8. The third-order valence-corrected chi connectivity index (χ3v) is 6.23. The van der Waals surface area contributed by atoms with E-state index in [9.17, 15) is 8.78 Å². The predicted molar refractivity (Wildman–Crippen MR) is 139 cm³/mol. The molecule has 1 N–H and O–H groups in total. The van der Waals surface area contributed by atoms with Crippen molar-refractivity contribution in [1.82, 2.24) is 30.0 Å². The van der Waals surface area contributed by atoms with Gasteiger partial charge >= 0.3 is 0 Å². The number of alkyl halides is 2. The monoisotopic (exact) mass is 519 g/mol. The normalized spacial score (nSPS) is 14.8. The zero-order chi connectivity index (χ0) is 26.5. The molecular formula is C27H27F2N7O2. The molecule has 0 unspecified atom stereocenters. The van der Waals surface area contributed by atoms with E-state index in [1.54, 1.807) is 42.9 Å². The van der Waals surface area contributed by atoms with Crippen LogP contribution in [-0.4, -0.2) is 69.3 Å². The van der Waals surface area contributed by atoms with E-state index in [2.05, 4.69) is 30.5 Å². The smallest absolute Gasteiger partial charge is 0.261 e. The summed E-state index contributed by atoms with van der Waals surface area (Å²) in [5, 5.41) is 11.3. The number of hydrogen-bond donors (Lipinski definition) is 1. The van der Waals surface area contributed by atoms with Crippen LogP contribution < -0.4 is 14.8 Å². The summed E-state index contributed by atoms with van der Waals surface area (Å²) in [6, 6.07) is 11.6. The van der Waals surface area contributed by atoms with E-state index in [1.807, 2.05) is 37.3 Å². The van der Waals surface area contributed by atoms with Crippen molar-refractivity contribution in [3.8, 4) is 34.0 Å². The summed E-state index contributed by atoms with van der Waals surface area (Å²) >= 11 is 0. The molecule has 0 saturated carbocycles. The number of benzene rings is 1. The minimum Gasteiger partial charge on any atom is -0.491 e. The van der Waals surface area contributed by atoms with Gasteiger partial charge in [0.05, 0.1) is 43.0 Å². The molecular weight excluding hydrogens is 492 g/mol. The Morgan fingerprint density at radius 2 is 1.89 bits per heavy atom. The molecule has 0 amide bonds. The van der Waals surface area contributed by atoms with Gasteiger partial charge in [0.2, 0.25) is 11.8 Å². The van der Waals surface area contributed by atoms with Gasteiger partial charge in [0.1, 0.15) is 12.4 Å². The van der Waals surface area contributed by atoms with Gasteiger partial charge in [0.25, 0.3) is 5.92 Å². The van der Waals surface area contributed by atoms with Gasteiger partial charge in [-0.15, -0.1) is 0 Å². The van der Waals surface area contributed by atoms with Gasteiger partial charge in [-0.1, -0.05) is 24.3 Å². The van der Waals surface area contributed by atoms with Crippen LogP contribution in [0.2, 0.25) is 0 Å². The summed E-state index contributed by atoms with van der Waals surface area (Å²) in [7, 11) is 1.55. The number of nitrogens with zero attached hydrogens (tertiary/aromatic N) is 6. The average Bonchev–Trinajstić information content (AvgIpc) is 3.27. The van der Waals surface area contributed by atoms with Gasteiger partial charge in [-0.2, -0.15) is 15.2 Å². The molecule has 1 aromatic carbocycles. The number of nitrogens with one attached hydrogen (secondary N) is 1. The molecule has 38 heavy (non-hydrogen) atoms. The number of likely N-dealkylation sites (tertiary alicyclic amines) is 1. The first-order valence-electron chi connectivity index (χ1n) is 12.2. The molecule has 1 aliphatic rings. The maximum Gasteiger partial charge on any atom is 0.261 e. The Hall–Kier alpha value is -4.25. The summed E-state index contributed by atoms with van der Waals surface area (Å²) in [5.74, 6) is -1.35. The van der Waals surface area contributed by atoms with E-state index in [4.69, 9.17) is 9.47 Å². The first-order chi connectivity index (χ1) is 18.4. The van der Waals surface area contributed by atoms with Crippen molar-refractivity contribution in [1.29, 1.82) is 0 Å². The second-order valence-corrected chi connectivity index (χ2v) is 9.02. The average molecular weight is 520 g/mol. The fourth-order valence-electron chi connectivity index (χ4n) is 4.25. The summed E-state index contributed by atoms with van der Waals surface area (Å²) in [5.41, 5.74) is 5.09. The molecule has 0 spiro atoms.